The van der Waals surface area contributed by atoms with Gasteiger partial charge in [0.15, 0.2) is 0 Å². The highest BCUT2D eigenvalue weighted by atomic mass is 16.5. The number of carbonyl (C=O) groups excluding carboxylic acids is 1. The molecule has 0 saturated carbocycles. The molecule has 1 aliphatic rings. The molecule has 5 heteroatoms. The lowest BCUT2D eigenvalue weighted by Crippen LogP contribution is -2.50. The minimum Gasteiger partial charge on any atom is -0.468 e. The van der Waals surface area contributed by atoms with Gasteiger partial charge in [-0.1, -0.05) is 6.42 Å². The number of unbranched alkanes of at least 4 members (excludes halogenated alkanes) is 2. The Kier molecular flexibility index (Phi) is 6.37. The summed E-state index contributed by atoms with van der Waals surface area (Å²) in [5.74, 6) is -0.196. The number of carbonyl (C=O) groups is 1. The van der Waals surface area contributed by atoms with Gasteiger partial charge in [-0.15, -0.1) is 0 Å². The Hall–Kier alpha value is -0.650. The normalized spacial score (nSPS) is 22.0. The highest BCUT2D eigenvalue weighted by molar-refractivity contribution is 5.75. The molecule has 1 heterocycles. The summed E-state index contributed by atoms with van der Waals surface area (Å²) in [4.78, 5) is 13.6. The molecule has 2 N–H and O–H groups in total. The second-order valence-corrected chi connectivity index (χ2v) is 4.00. The summed E-state index contributed by atoms with van der Waals surface area (Å²) in [6, 6.07) is -0.225. The predicted octanol–water partition coefficient (Wildman–Crippen LogP) is -0.0108. The van der Waals surface area contributed by atoms with Gasteiger partial charge in [-0.2, -0.15) is 0 Å². The van der Waals surface area contributed by atoms with Crippen LogP contribution in [0.1, 0.15) is 19.3 Å². The molecule has 0 aromatic rings. The Morgan fingerprint density at radius 3 is 3.00 bits per heavy atom. The molecule has 0 spiro atoms. The smallest absolute Gasteiger partial charge is 0.325 e. The van der Waals surface area contributed by atoms with E-state index >= 15 is 0 Å². The predicted molar refractivity (Wildman–Crippen MR) is 61.1 cm³/mol. The summed E-state index contributed by atoms with van der Waals surface area (Å²) in [5.41, 5.74) is 5.44. The van der Waals surface area contributed by atoms with Crippen molar-refractivity contribution in [2.45, 2.75) is 25.3 Å². The number of morpholine rings is 1. The van der Waals surface area contributed by atoms with E-state index in [1.54, 1.807) is 0 Å². The van der Waals surface area contributed by atoms with Gasteiger partial charge in [0, 0.05) is 6.54 Å². The van der Waals surface area contributed by atoms with Crippen LogP contribution in [0, 0.1) is 0 Å². The summed E-state index contributed by atoms with van der Waals surface area (Å²) < 4.78 is 10.1. The van der Waals surface area contributed by atoms with Crippen molar-refractivity contribution in [1.82, 2.24) is 4.90 Å². The van der Waals surface area contributed by atoms with Crippen molar-refractivity contribution in [3.8, 4) is 0 Å². The Labute approximate surface area is 96.9 Å². The third-order valence-electron chi connectivity index (χ3n) is 2.86. The fraction of sp³-hybridized carbons (Fsp3) is 0.909. The topological polar surface area (TPSA) is 64.8 Å². The highest BCUT2D eigenvalue weighted by Crippen LogP contribution is 2.10. The molecule has 0 radical (unpaired) electrons. The van der Waals surface area contributed by atoms with Crippen molar-refractivity contribution in [3.63, 3.8) is 0 Å². The van der Waals surface area contributed by atoms with Crippen molar-refractivity contribution in [2.24, 2.45) is 5.73 Å². The van der Waals surface area contributed by atoms with Crippen LogP contribution in [-0.4, -0.2) is 56.9 Å². The third-order valence-corrected chi connectivity index (χ3v) is 2.86. The lowest BCUT2D eigenvalue weighted by atomic mass is 10.2. The Balaban J connectivity index is 2.32. The average Bonchev–Trinajstić information content (AvgIpc) is 2.34. The van der Waals surface area contributed by atoms with Crippen molar-refractivity contribution in [2.75, 3.05) is 40.0 Å². The number of nitrogens with zero attached hydrogens (tertiary/aromatic N) is 1. The molecule has 0 bridgehead atoms. The molecule has 16 heavy (non-hydrogen) atoms. The van der Waals surface area contributed by atoms with Crippen LogP contribution in [0.25, 0.3) is 0 Å². The SMILES string of the molecule is COC(=O)C1COCCN1CCCCCN. The lowest BCUT2D eigenvalue weighted by Gasteiger charge is -2.33. The summed E-state index contributed by atoms with van der Waals surface area (Å²) in [6.07, 6.45) is 3.24. The van der Waals surface area contributed by atoms with Crippen LogP contribution in [0.2, 0.25) is 0 Å². The van der Waals surface area contributed by atoms with Crippen molar-refractivity contribution in [3.05, 3.63) is 0 Å². The Bertz CT molecular complexity index is 211. The molecule has 0 aliphatic carbocycles. The van der Waals surface area contributed by atoms with Crippen molar-refractivity contribution in [1.29, 1.82) is 0 Å². The Morgan fingerprint density at radius 1 is 1.50 bits per heavy atom. The molecular weight excluding hydrogens is 208 g/mol. The van der Waals surface area contributed by atoms with E-state index < -0.39 is 0 Å². The van der Waals surface area contributed by atoms with Gasteiger partial charge in [-0.3, -0.25) is 9.69 Å². The molecule has 5 nitrogen and oxygen atoms in total. The highest BCUT2D eigenvalue weighted by Gasteiger charge is 2.29. The molecule has 0 aromatic heterocycles. The summed E-state index contributed by atoms with van der Waals surface area (Å²) >= 11 is 0. The van der Waals surface area contributed by atoms with Crippen LogP contribution >= 0.6 is 0 Å². The molecule has 1 rings (SSSR count). The van der Waals surface area contributed by atoms with E-state index in [0.717, 1.165) is 38.9 Å². The van der Waals surface area contributed by atoms with Gasteiger partial charge in [0.2, 0.25) is 0 Å². The molecule has 1 fully saturated rings. The Morgan fingerprint density at radius 2 is 2.31 bits per heavy atom. The van der Waals surface area contributed by atoms with Gasteiger partial charge in [-0.25, -0.2) is 0 Å². The maximum atomic E-state index is 11.5. The van der Waals surface area contributed by atoms with Crippen LogP contribution in [0.5, 0.6) is 0 Å². The number of esters is 1. The molecule has 1 atom stereocenters. The molecular formula is C11H22N2O3. The zero-order valence-electron chi connectivity index (χ0n) is 9.98. The summed E-state index contributed by atoms with van der Waals surface area (Å²) in [6.45, 7) is 3.61. The number of ether oxygens (including phenoxy) is 2. The van der Waals surface area contributed by atoms with Crippen LogP contribution < -0.4 is 5.73 Å². The molecule has 1 unspecified atom stereocenters. The van der Waals surface area contributed by atoms with Gasteiger partial charge < -0.3 is 15.2 Å². The minimum absolute atomic E-state index is 0.196. The molecule has 0 aromatic carbocycles. The van der Waals surface area contributed by atoms with E-state index in [1.807, 2.05) is 0 Å². The molecule has 1 saturated heterocycles. The quantitative estimate of drug-likeness (QED) is 0.513. The fourth-order valence-electron chi connectivity index (χ4n) is 1.89. The van der Waals surface area contributed by atoms with Crippen LogP contribution in [0.15, 0.2) is 0 Å². The number of hydrogen-bond acceptors (Lipinski definition) is 5. The number of methoxy groups -OCH3 is 1. The second kappa shape index (κ2) is 7.60. The van der Waals surface area contributed by atoms with Crippen LogP contribution in [0.4, 0.5) is 0 Å². The minimum atomic E-state index is -0.225. The van der Waals surface area contributed by atoms with Gasteiger partial charge in [0.1, 0.15) is 6.04 Å². The van der Waals surface area contributed by atoms with Crippen molar-refractivity contribution >= 4 is 5.97 Å². The number of nitrogens with two attached hydrogens (primary N) is 1. The molecule has 94 valence electrons. The number of rotatable bonds is 6. The van der Waals surface area contributed by atoms with Gasteiger partial charge in [0.25, 0.3) is 0 Å². The average molecular weight is 230 g/mol. The van der Waals surface area contributed by atoms with E-state index in [4.69, 9.17) is 15.2 Å². The third kappa shape index (κ3) is 4.08. The van der Waals surface area contributed by atoms with Gasteiger partial charge in [0.05, 0.1) is 20.3 Å². The largest absolute Gasteiger partial charge is 0.468 e. The second-order valence-electron chi connectivity index (χ2n) is 4.00. The molecule has 0 amide bonds. The van der Waals surface area contributed by atoms with Gasteiger partial charge in [-0.05, 0) is 25.9 Å². The van der Waals surface area contributed by atoms with Crippen molar-refractivity contribution < 1.29 is 14.3 Å². The van der Waals surface area contributed by atoms with Crippen LogP contribution in [-0.2, 0) is 14.3 Å². The first kappa shape index (κ1) is 13.4. The summed E-state index contributed by atoms with van der Waals surface area (Å²) in [5, 5.41) is 0. The van der Waals surface area contributed by atoms with Gasteiger partial charge >= 0.3 is 5.97 Å². The van der Waals surface area contributed by atoms with E-state index in [-0.39, 0.29) is 12.0 Å². The van der Waals surface area contributed by atoms with E-state index in [1.165, 1.54) is 7.11 Å². The zero-order valence-corrected chi connectivity index (χ0v) is 9.98. The first-order chi connectivity index (χ1) is 7.79. The van der Waals surface area contributed by atoms with E-state index in [0.29, 0.717) is 13.2 Å². The lowest BCUT2D eigenvalue weighted by molar-refractivity contribution is -0.153. The number of hydrogen-bond donors (Lipinski definition) is 1. The summed E-state index contributed by atoms with van der Waals surface area (Å²) in [7, 11) is 1.42. The molecule has 1 aliphatic heterocycles. The first-order valence-corrected chi connectivity index (χ1v) is 5.89. The van der Waals surface area contributed by atoms with Crippen LogP contribution in [0.3, 0.4) is 0 Å². The fourth-order valence-corrected chi connectivity index (χ4v) is 1.89. The standard InChI is InChI=1S/C11H22N2O3/c1-15-11(14)10-9-16-8-7-13(10)6-4-2-3-5-12/h10H,2-9,12H2,1H3. The van der Waals surface area contributed by atoms with E-state index in [9.17, 15) is 4.79 Å². The maximum Gasteiger partial charge on any atom is 0.325 e. The first-order valence-electron chi connectivity index (χ1n) is 5.89. The maximum absolute atomic E-state index is 11.5. The monoisotopic (exact) mass is 230 g/mol. The zero-order chi connectivity index (χ0) is 11.8. The van der Waals surface area contributed by atoms with E-state index in [2.05, 4.69) is 4.90 Å².